The fourth-order valence-corrected chi connectivity index (χ4v) is 1.95. The predicted molar refractivity (Wildman–Crippen MR) is 96.2 cm³/mol. The van der Waals surface area contributed by atoms with Crippen molar-refractivity contribution < 1.29 is 9.21 Å². The van der Waals surface area contributed by atoms with Crippen LogP contribution in [0.3, 0.4) is 0 Å². The van der Waals surface area contributed by atoms with E-state index in [0.717, 1.165) is 12.0 Å². The van der Waals surface area contributed by atoms with Gasteiger partial charge in [-0.15, -0.1) is 24.8 Å². The number of nitrogens with zero attached hydrogens (tertiary/aromatic N) is 1. The van der Waals surface area contributed by atoms with Crippen molar-refractivity contribution >= 4 is 30.7 Å². The van der Waals surface area contributed by atoms with E-state index in [9.17, 15) is 4.79 Å². The maximum absolute atomic E-state index is 11.9. The molecule has 1 heterocycles. The second kappa shape index (κ2) is 10.3. The van der Waals surface area contributed by atoms with E-state index in [1.54, 1.807) is 0 Å². The van der Waals surface area contributed by atoms with E-state index >= 15 is 0 Å². The molecule has 0 aliphatic rings. The number of carbonyl (C=O) groups is 1. The molecule has 3 N–H and O–H groups in total. The topological polar surface area (TPSA) is 81.2 Å². The Hall–Kier alpha value is -1.56. The van der Waals surface area contributed by atoms with Gasteiger partial charge in [-0.1, -0.05) is 18.2 Å². The molecule has 0 saturated heterocycles. The van der Waals surface area contributed by atoms with E-state index < -0.39 is 0 Å². The lowest BCUT2D eigenvalue weighted by Gasteiger charge is -2.06. The van der Waals surface area contributed by atoms with Gasteiger partial charge in [0.15, 0.2) is 0 Å². The number of oxazole rings is 1. The fourth-order valence-electron chi connectivity index (χ4n) is 1.95. The molecule has 0 spiro atoms. The van der Waals surface area contributed by atoms with Gasteiger partial charge in [-0.25, -0.2) is 4.98 Å². The van der Waals surface area contributed by atoms with Crippen molar-refractivity contribution in [2.45, 2.75) is 32.7 Å². The second-order valence-electron chi connectivity index (χ2n) is 5.18. The summed E-state index contributed by atoms with van der Waals surface area (Å²) in [6, 6.07) is 9.73. The smallest absolute Gasteiger partial charge is 0.226 e. The molecule has 0 fully saturated rings. The van der Waals surface area contributed by atoms with Gasteiger partial charge in [0.25, 0.3) is 0 Å². The Bertz CT molecular complexity index is 601. The van der Waals surface area contributed by atoms with Gasteiger partial charge in [-0.05, 0) is 32.4 Å². The summed E-state index contributed by atoms with van der Waals surface area (Å²) in [4.78, 5) is 16.3. The third-order valence-electron chi connectivity index (χ3n) is 3.16. The highest BCUT2D eigenvalue weighted by molar-refractivity contribution is 5.85. The third kappa shape index (κ3) is 6.60. The second-order valence-corrected chi connectivity index (χ2v) is 5.18. The molecule has 1 aromatic heterocycles. The number of benzene rings is 1. The van der Waals surface area contributed by atoms with Crippen LogP contribution in [0, 0.1) is 6.92 Å². The molecule has 1 amide bonds. The Morgan fingerprint density at radius 2 is 1.96 bits per heavy atom. The standard InChI is InChI=1S/C16H21N3O2.2ClH/c1-11(17)8-9-18-15(20)10-14-12(2)21-16(19-14)13-6-4-3-5-7-13;;/h3-7,11H,8-10,17H2,1-2H3,(H,18,20);2*1H. The first-order valence-corrected chi connectivity index (χ1v) is 7.10. The van der Waals surface area contributed by atoms with E-state index in [1.807, 2.05) is 44.2 Å². The minimum absolute atomic E-state index is 0. The van der Waals surface area contributed by atoms with Crippen LogP contribution in [-0.4, -0.2) is 23.5 Å². The van der Waals surface area contributed by atoms with Crippen LogP contribution < -0.4 is 11.1 Å². The highest BCUT2D eigenvalue weighted by Gasteiger charge is 2.14. The molecule has 0 bridgehead atoms. The van der Waals surface area contributed by atoms with Crippen molar-refractivity contribution in [3.8, 4) is 11.5 Å². The quantitative estimate of drug-likeness (QED) is 0.830. The van der Waals surface area contributed by atoms with Crippen molar-refractivity contribution in [1.82, 2.24) is 10.3 Å². The number of carbonyl (C=O) groups excluding carboxylic acids is 1. The Kier molecular flexibility index (Phi) is 9.56. The maximum Gasteiger partial charge on any atom is 0.226 e. The summed E-state index contributed by atoms with van der Waals surface area (Å²) in [7, 11) is 0. The van der Waals surface area contributed by atoms with Gasteiger partial charge in [-0.3, -0.25) is 4.79 Å². The van der Waals surface area contributed by atoms with Crippen LogP contribution in [0.4, 0.5) is 0 Å². The maximum atomic E-state index is 11.9. The van der Waals surface area contributed by atoms with Crippen LogP contribution in [0.1, 0.15) is 24.8 Å². The minimum atomic E-state index is -0.0633. The number of amides is 1. The number of hydrogen-bond donors (Lipinski definition) is 2. The van der Waals surface area contributed by atoms with Gasteiger partial charge >= 0.3 is 0 Å². The molecule has 0 saturated carbocycles. The van der Waals surface area contributed by atoms with Crippen LogP contribution >= 0.6 is 24.8 Å². The normalized spacial score (nSPS) is 11.1. The van der Waals surface area contributed by atoms with Gasteiger partial charge < -0.3 is 15.5 Å². The summed E-state index contributed by atoms with van der Waals surface area (Å²) < 4.78 is 5.63. The Morgan fingerprint density at radius 1 is 1.30 bits per heavy atom. The number of aryl methyl sites for hydroxylation is 1. The van der Waals surface area contributed by atoms with Gasteiger partial charge in [0.05, 0.1) is 12.1 Å². The average Bonchev–Trinajstić information content (AvgIpc) is 2.81. The third-order valence-corrected chi connectivity index (χ3v) is 3.16. The van der Waals surface area contributed by atoms with Crippen LogP contribution in [0.5, 0.6) is 0 Å². The molecule has 1 aromatic carbocycles. The first-order chi connectivity index (χ1) is 10.1. The van der Waals surface area contributed by atoms with Gasteiger partial charge in [0.2, 0.25) is 11.8 Å². The first kappa shape index (κ1) is 21.4. The van der Waals surface area contributed by atoms with E-state index in [1.165, 1.54) is 0 Å². The van der Waals surface area contributed by atoms with E-state index in [2.05, 4.69) is 10.3 Å². The summed E-state index contributed by atoms with van der Waals surface area (Å²) >= 11 is 0. The molecule has 5 nitrogen and oxygen atoms in total. The van der Waals surface area contributed by atoms with Crippen molar-refractivity contribution in [1.29, 1.82) is 0 Å². The molecule has 0 aliphatic heterocycles. The molecule has 128 valence electrons. The lowest BCUT2D eigenvalue weighted by molar-refractivity contribution is -0.120. The number of hydrogen-bond acceptors (Lipinski definition) is 4. The number of rotatable bonds is 6. The zero-order chi connectivity index (χ0) is 15.2. The van der Waals surface area contributed by atoms with Gasteiger partial charge in [-0.2, -0.15) is 0 Å². The minimum Gasteiger partial charge on any atom is -0.441 e. The molecule has 1 atom stereocenters. The molecule has 7 heteroatoms. The largest absolute Gasteiger partial charge is 0.441 e. The summed E-state index contributed by atoms with van der Waals surface area (Å²) in [6.45, 7) is 4.32. The highest BCUT2D eigenvalue weighted by Crippen LogP contribution is 2.21. The van der Waals surface area contributed by atoms with Crippen molar-refractivity contribution in [3.05, 3.63) is 41.8 Å². The average molecular weight is 360 g/mol. The van der Waals surface area contributed by atoms with E-state index in [4.69, 9.17) is 10.2 Å². The summed E-state index contributed by atoms with van der Waals surface area (Å²) in [5.41, 5.74) is 7.22. The fraction of sp³-hybridized carbons (Fsp3) is 0.375. The molecule has 23 heavy (non-hydrogen) atoms. The number of aromatic nitrogens is 1. The van der Waals surface area contributed by atoms with Gasteiger partial charge in [0, 0.05) is 18.2 Å². The van der Waals surface area contributed by atoms with E-state index in [-0.39, 0.29) is 43.2 Å². The summed E-state index contributed by atoms with van der Waals surface area (Å²) in [6.07, 6.45) is 0.986. The van der Waals surface area contributed by atoms with Crippen LogP contribution in [0.15, 0.2) is 34.7 Å². The lowest BCUT2D eigenvalue weighted by Crippen LogP contribution is -2.30. The Labute approximate surface area is 148 Å². The van der Waals surface area contributed by atoms with Crippen LogP contribution in [-0.2, 0) is 11.2 Å². The molecule has 2 aromatic rings. The monoisotopic (exact) mass is 359 g/mol. The van der Waals surface area contributed by atoms with Crippen molar-refractivity contribution in [2.24, 2.45) is 5.73 Å². The van der Waals surface area contributed by atoms with Crippen molar-refractivity contribution in [3.63, 3.8) is 0 Å². The molecule has 0 aliphatic carbocycles. The van der Waals surface area contributed by atoms with Crippen LogP contribution in [0.25, 0.3) is 11.5 Å². The van der Waals surface area contributed by atoms with Gasteiger partial charge in [0.1, 0.15) is 5.76 Å². The van der Waals surface area contributed by atoms with Crippen molar-refractivity contribution in [2.75, 3.05) is 6.54 Å². The van der Waals surface area contributed by atoms with E-state index in [0.29, 0.717) is 23.9 Å². The highest BCUT2D eigenvalue weighted by atomic mass is 35.5. The number of nitrogens with one attached hydrogen (secondary N) is 1. The molecule has 1 unspecified atom stereocenters. The zero-order valence-electron chi connectivity index (χ0n) is 13.2. The molecular weight excluding hydrogens is 337 g/mol. The summed E-state index contributed by atoms with van der Waals surface area (Å²) in [5, 5.41) is 2.84. The predicted octanol–water partition coefficient (Wildman–Crippen LogP) is 2.89. The summed E-state index contributed by atoms with van der Waals surface area (Å²) in [5.74, 6) is 1.16. The van der Waals surface area contributed by atoms with Crippen LogP contribution in [0.2, 0.25) is 0 Å². The number of halogens is 2. The lowest BCUT2D eigenvalue weighted by atomic mass is 10.2. The zero-order valence-corrected chi connectivity index (χ0v) is 14.9. The first-order valence-electron chi connectivity index (χ1n) is 7.10. The molecule has 0 radical (unpaired) electrons. The Morgan fingerprint density at radius 3 is 2.57 bits per heavy atom. The molecular formula is C16H23Cl2N3O2. The Balaban J connectivity index is 0.00000242. The SMILES string of the molecule is Cc1oc(-c2ccccc2)nc1CC(=O)NCCC(C)N.Cl.Cl. The number of nitrogens with two attached hydrogens (primary N) is 1. The molecule has 2 rings (SSSR count).